The van der Waals surface area contributed by atoms with Crippen molar-refractivity contribution in [2.24, 2.45) is 0 Å². The van der Waals surface area contributed by atoms with E-state index in [2.05, 4.69) is 16.6 Å². The first-order valence-corrected chi connectivity index (χ1v) is 6.59. The molecule has 1 saturated heterocycles. The van der Waals surface area contributed by atoms with Gasteiger partial charge in [-0.3, -0.25) is 0 Å². The van der Waals surface area contributed by atoms with Gasteiger partial charge in [0.25, 0.3) is 10.2 Å². The number of piperazine rings is 1. The minimum atomic E-state index is -3.31. The fraction of sp³-hybridized carbons (Fsp3) is 0.778. The Morgan fingerprint density at radius 2 is 2.13 bits per heavy atom. The molecule has 0 amide bonds. The third-order valence-electron chi connectivity index (χ3n) is 2.29. The van der Waals surface area contributed by atoms with E-state index < -0.39 is 10.2 Å². The second kappa shape index (κ2) is 5.60. The molecule has 0 bridgehead atoms. The summed E-state index contributed by atoms with van der Waals surface area (Å²) in [6.07, 6.45) is 2.36. The molecule has 0 spiro atoms. The summed E-state index contributed by atoms with van der Waals surface area (Å²) in [5.74, 6) is 0. The van der Waals surface area contributed by atoms with Crippen LogP contribution in [0.4, 0.5) is 0 Å². The number of nitrogens with zero attached hydrogens (tertiary/aromatic N) is 1. The Hall–Kier alpha value is -0.430. The molecular weight excluding hydrogens is 214 g/mol. The second-order valence-electron chi connectivity index (χ2n) is 3.70. The van der Waals surface area contributed by atoms with Gasteiger partial charge in [-0.05, 0) is 13.3 Å². The molecule has 0 radical (unpaired) electrons. The van der Waals surface area contributed by atoms with Crippen molar-refractivity contribution in [3.05, 3.63) is 12.7 Å². The van der Waals surface area contributed by atoms with E-state index in [1.165, 1.54) is 4.31 Å². The first kappa shape index (κ1) is 12.6. The lowest BCUT2D eigenvalue weighted by Crippen LogP contribution is -2.52. The maximum Gasteiger partial charge on any atom is 0.279 e. The molecule has 0 aliphatic carbocycles. The fourth-order valence-electron chi connectivity index (χ4n) is 1.51. The standard InChI is InChI=1S/C9H19N3O2S/c1-3-4-9(2)11-15(13,14)12-7-5-10-6-8-12/h3,9-11H,1,4-8H2,2H3. The van der Waals surface area contributed by atoms with Crippen molar-refractivity contribution in [3.8, 4) is 0 Å². The molecule has 5 nitrogen and oxygen atoms in total. The minimum absolute atomic E-state index is 0.0950. The van der Waals surface area contributed by atoms with Crippen LogP contribution >= 0.6 is 0 Å². The second-order valence-corrected chi connectivity index (χ2v) is 5.40. The highest BCUT2D eigenvalue weighted by molar-refractivity contribution is 7.87. The summed E-state index contributed by atoms with van der Waals surface area (Å²) in [7, 11) is -3.31. The zero-order valence-corrected chi connectivity index (χ0v) is 9.89. The van der Waals surface area contributed by atoms with Gasteiger partial charge in [-0.2, -0.15) is 17.4 Å². The van der Waals surface area contributed by atoms with Gasteiger partial charge in [0.1, 0.15) is 0 Å². The summed E-state index contributed by atoms with van der Waals surface area (Å²) in [4.78, 5) is 0. The van der Waals surface area contributed by atoms with Crippen molar-refractivity contribution in [2.45, 2.75) is 19.4 Å². The summed E-state index contributed by atoms with van der Waals surface area (Å²) >= 11 is 0. The highest BCUT2D eigenvalue weighted by Gasteiger charge is 2.24. The van der Waals surface area contributed by atoms with Gasteiger partial charge in [-0.15, -0.1) is 6.58 Å². The largest absolute Gasteiger partial charge is 0.314 e. The van der Waals surface area contributed by atoms with E-state index in [4.69, 9.17) is 0 Å². The zero-order chi connectivity index (χ0) is 11.3. The van der Waals surface area contributed by atoms with Crippen molar-refractivity contribution in [1.82, 2.24) is 14.3 Å². The van der Waals surface area contributed by atoms with E-state index in [-0.39, 0.29) is 6.04 Å². The Kier molecular flexibility index (Phi) is 4.72. The van der Waals surface area contributed by atoms with Gasteiger partial charge in [0, 0.05) is 32.2 Å². The van der Waals surface area contributed by atoms with Crippen LogP contribution in [0.25, 0.3) is 0 Å². The molecule has 0 aromatic heterocycles. The zero-order valence-electron chi connectivity index (χ0n) is 9.07. The van der Waals surface area contributed by atoms with E-state index in [1.807, 2.05) is 6.92 Å². The van der Waals surface area contributed by atoms with Gasteiger partial charge in [-0.1, -0.05) is 6.08 Å². The highest BCUT2D eigenvalue weighted by Crippen LogP contribution is 2.02. The Bertz CT molecular complexity index is 296. The van der Waals surface area contributed by atoms with Crippen LogP contribution in [0, 0.1) is 0 Å². The predicted octanol–water partition coefficient (Wildman–Crippen LogP) is -0.309. The van der Waals surface area contributed by atoms with E-state index in [9.17, 15) is 8.42 Å². The SMILES string of the molecule is C=CCC(C)NS(=O)(=O)N1CCNCC1. The van der Waals surface area contributed by atoms with E-state index >= 15 is 0 Å². The van der Waals surface area contributed by atoms with Crippen LogP contribution in [-0.4, -0.2) is 44.9 Å². The normalized spacial score (nSPS) is 21.1. The molecule has 1 heterocycles. The third-order valence-corrected chi connectivity index (χ3v) is 4.03. The van der Waals surface area contributed by atoms with E-state index in [0.717, 1.165) is 13.1 Å². The Balaban J connectivity index is 2.53. The summed E-state index contributed by atoms with van der Waals surface area (Å²) in [5, 5.41) is 3.12. The molecule has 15 heavy (non-hydrogen) atoms. The van der Waals surface area contributed by atoms with Crippen molar-refractivity contribution < 1.29 is 8.42 Å². The van der Waals surface area contributed by atoms with Crippen LogP contribution in [0.15, 0.2) is 12.7 Å². The summed E-state index contributed by atoms with van der Waals surface area (Å²) in [6, 6.07) is -0.0950. The maximum atomic E-state index is 11.8. The number of hydrogen-bond donors (Lipinski definition) is 2. The monoisotopic (exact) mass is 233 g/mol. The summed E-state index contributed by atoms with van der Waals surface area (Å²) in [5.41, 5.74) is 0. The maximum absolute atomic E-state index is 11.8. The van der Waals surface area contributed by atoms with Gasteiger partial charge < -0.3 is 5.32 Å². The molecule has 1 rings (SSSR count). The van der Waals surface area contributed by atoms with E-state index in [1.54, 1.807) is 6.08 Å². The molecule has 0 aromatic rings. The molecule has 1 aliphatic heterocycles. The lowest BCUT2D eigenvalue weighted by atomic mass is 10.3. The lowest BCUT2D eigenvalue weighted by Gasteiger charge is -2.27. The van der Waals surface area contributed by atoms with Crippen LogP contribution in [0.3, 0.4) is 0 Å². The molecule has 1 atom stereocenters. The topological polar surface area (TPSA) is 61.4 Å². The quantitative estimate of drug-likeness (QED) is 0.640. The Morgan fingerprint density at radius 3 is 2.67 bits per heavy atom. The number of hydrogen-bond acceptors (Lipinski definition) is 3. The van der Waals surface area contributed by atoms with Crippen LogP contribution in [0.1, 0.15) is 13.3 Å². The van der Waals surface area contributed by atoms with Crippen LogP contribution < -0.4 is 10.0 Å². The first-order chi connectivity index (χ1) is 7.06. The third kappa shape index (κ3) is 3.90. The lowest BCUT2D eigenvalue weighted by molar-refractivity contribution is 0.352. The Labute approximate surface area is 91.7 Å². The predicted molar refractivity (Wildman–Crippen MR) is 60.8 cm³/mol. The van der Waals surface area contributed by atoms with Gasteiger partial charge in [0.15, 0.2) is 0 Å². The van der Waals surface area contributed by atoms with Crippen LogP contribution in [-0.2, 0) is 10.2 Å². The van der Waals surface area contributed by atoms with Crippen molar-refractivity contribution in [2.75, 3.05) is 26.2 Å². The molecule has 0 saturated carbocycles. The van der Waals surface area contributed by atoms with E-state index in [0.29, 0.717) is 19.5 Å². The molecule has 1 unspecified atom stereocenters. The van der Waals surface area contributed by atoms with Gasteiger partial charge in [0.05, 0.1) is 0 Å². The molecule has 88 valence electrons. The molecular formula is C9H19N3O2S. The molecule has 1 aliphatic rings. The van der Waals surface area contributed by atoms with Gasteiger partial charge >= 0.3 is 0 Å². The van der Waals surface area contributed by atoms with Crippen molar-refractivity contribution >= 4 is 10.2 Å². The molecule has 6 heteroatoms. The summed E-state index contributed by atoms with van der Waals surface area (Å²) in [6.45, 7) is 7.93. The average molecular weight is 233 g/mol. The van der Waals surface area contributed by atoms with Crippen molar-refractivity contribution in [3.63, 3.8) is 0 Å². The average Bonchev–Trinajstić information content (AvgIpc) is 2.18. The number of rotatable bonds is 5. The van der Waals surface area contributed by atoms with Gasteiger partial charge in [0.2, 0.25) is 0 Å². The van der Waals surface area contributed by atoms with Crippen LogP contribution in [0.2, 0.25) is 0 Å². The van der Waals surface area contributed by atoms with Crippen LogP contribution in [0.5, 0.6) is 0 Å². The van der Waals surface area contributed by atoms with Gasteiger partial charge in [-0.25, -0.2) is 0 Å². The molecule has 2 N–H and O–H groups in total. The highest BCUT2D eigenvalue weighted by atomic mass is 32.2. The first-order valence-electron chi connectivity index (χ1n) is 5.15. The number of nitrogens with one attached hydrogen (secondary N) is 2. The fourth-order valence-corrected chi connectivity index (χ4v) is 2.93. The smallest absolute Gasteiger partial charge is 0.279 e. The van der Waals surface area contributed by atoms with Crippen molar-refractivity contribution in [1.29, 1.82) is 0 Å². The molecule has 0 aromatic carbocycles. The minimum Gasteiger partial charge on any atom is -0.314 e. The summed E-state index contributed by atoms with van der Waals surface area (Å²) < 4.78 is 27.7. The molecule has 1 fully saturated rings. The Morgan fingerprint density at radius 1 is 1.53 bits per heavy atom.